The van der Waals surface area contributed by atoms with Gasteiger partial charge in [-0.15, -0.1) is 0 Å². The van der Waals surface area contributed by atoms with Gasteiger partial charge in [0.15, 0.2) is 5.82 Å². The van der Waals surface area contributed by atoms with Crippen LogP contribution < -0.4 is 5.32 Å². The van der Waals surface area contributed by atoms with Gasteiger partial charge in [-0.3, -0.25) is 0 Å². The van der Waals surface area contributed by atoms with Crippen molar-refractivity contribution in [3.05, 3.63) is 46.6 Å². The van der Waals surface area contributed by atoms with Crippen LogP contribution in [0.1, 0.15) is 54.1 Å². The van der Waals surface area contributed by atoms with E-state index in [-0.39, 0.29) is 0 Å². The highest BCUT2D eigenvalue weighted by molar-refractivity contribution is 5.36. The Bertz CT molecular complexity index is 656. The van der Waals surface area contributed by atoms with Gasteiger partial charge in [0.2, 0.25) is 5.89 Å². The average molecular weight is 311 g/mol. The quantitative estimate of drug-likeness (QED) is 0.943. The first-order valence-corrected chi connectivity index (χ1v) is 9.00. The highest BCUT2D eigenvalue weighted by Gasteiger charge is 2.17. The SMILES string of the molecule is c1cc2c(cc1Cc1noc(CC3CCCNCC3)n1)CCC2. The number of nitrogens with zero attached hydrogens (tertiary/aromatic N) is 2. The van der Waals surface area contributed by atoms with Crippen molar-refractivity contribution in [3.63, 3.8) is 0 Å². The molecule has 1 fully saturated rings. The molecule has 0 radical (unpaired) electrons. The predicted octanol–water partition coefficient (Wildman–Crippen LogP) is 3.08. The van der Waals surface area contributed by atoms with E-state index in [1.54, 1.807) is 0 Å². The van der Waals surface area contributed by atoms with Gasteiger partial charge in [0.25, 0.3) is 0 Å². The number of fused-ring (bicyclic) bond motifs is 1. The zero-order valence-electron chi connectivity index (χ0n) is 13.7. The number of benzene rings is 1. The van der Waals surface area contributed by atoms with Crippen LogP contribution >= 0.6 is 0 Å². The van der Waals surface area contributed by atoms with Crippen molar-refractivity contribution in [3.8, 4) is 0 Å². The normalized spacial score (nSPS) is 21.1. The lowest BCUT2D eigenvalue weighted by atomic mass is 9.97. The maximum absolute atomic E-state index is 5.49. The fourth-order valence-electron chi connectivity index (χ4n) is 3.90. The maximum Gasteiger partial charge on any atom is 0.226 e. The minimum atomic E-state index is 0.679. The highest BCUT2D eigenvalue weighted by atomic mass is 16.5. The number of hydrogen-bond donors (Lipinski definition) is 1. The van der Waals surface area contributed by atoms with E-state index in [4.69, 9.17) is 4.52 Å². The Kier molecular flexibility index (Phi) is 4.42. The minimum Gasteiger partial charge on any atom is -0.339 e. The molecule has 1 aliphatic carbocycles. The Morgan fingerprint density at radius 1 is 1.09 bits per heavy atom. The third-order valence-corrected chi connectivity index (χ3v) is 5.19. The average Bonchev–Trinajstić information content (AvgIpc) is 3.11. The summed E-state index contributed by atoms with van der Waals surface area (Å²) in [6.45, 7) is 2.25. The summed E-state index contributed by atoms with van der Waals surface area (Å²) in [5.41, 5.74) is 4.33. The zero-order chi connectivity index (χ0) is 15.5. The molecule has 122 valence electrons. The van der Waals surface area contributed by atoms with Gasteiger partial charge >= 0.3 is 0 Å². The van der Waals surface area contributed by atoms with Gasteiger partial charge in [-0.05, 0) is 74.2 Å². The minimum absolute atomic E-state index is 0.679. The Labute approximate surface area is 137 Å². The third kappa shape index (κ3) is 3.63. The molecule has 1 saturated heterocycles. The molecule has 1 aromatic heterocycles. The number of rotatable bonds is 4. The van der Waals surface area contributed by atoms with Crippen molar-refractivity contribution in [2.75, 3.05) is 13.1 Å². The van der Waals surface area contributed by atoms with Crippen molar-refractivity contribution in [1.82, 2.24) is 15.5 Å². The largest absolute Gasteiger partial charge is 0.339 e. The fraction of sp³-hybridized carbons (Fsp3) is 0.579. The van der Waals surface area contributed by atoms with Crippen LogP contribution in [0.25, 0.3) is 0 Å². The summed E-state index contributed by atoms with van der Waals surface area (Å²) in [7, 11) is 0. The lowest BCUT2D eigenvalue weighted by molar-refractivity contribution is 0.339. The lowest BCUT2D eigenvalue weighted by Gasteiger charge is -2.09. The lowest BCUT2D eigenvalue weighted by Crippen LogP contribution is -2.14. The van der Waals surface area contributed by atoms with Crippen molar-refractivity contribution in [2.45, 2.75) is 51.4 Å². The molecular formula is C19H25N3O. The molecule has 2 heterocycles. The highest BCUT2D eigenvalue weighted by Crippen LogP contribution is 2.24. The van der Waals surface area contributed by atoms with E-state index in [2.05, 4.69) is 33.7 Å². The van der Waals surface area contributed by atoms with Gasteiger partial charge in [0.05, 0.1) is 0 Å². The molecule has 0 bridgehead atoms. The molecule has 4 heteroatoms. The van der Waals surface area contributed by atoms with E-state index in [1.165, 1.54) is 55.2 Å². The van der Waals surface area contributed by atoms with Gasteiger partial charge in [0, 0.05) is 12.8 Å². The van der Waals surface area contributed by atoms with Crippen molar-refractivity contribution < 1.29 is 4.52 Å². The molecule has 2 aromatic rings. The smallest absolute Gasteiger partial charge is 0.226 e. The van der Waals surface area contributed by atoms with Crippen LogP contribution in [-0.2, 0) is 25.7 Å². The summed E-state index contributed by atoms with van der Waals surface area (Å²) in [5, 5.41) is 7.65. The Morgan fingerprint density at radius 3 is 3.04 bits per heavy atom. The second-order valence-corrected chi connectivity index (χ2v) is 6.99. The van der Waals surface area contributed by atoms with E-state index in [0.29, 0.717) is 5.92 Å². The summed E-state index contributed by atoms with van der Waals surface area (Å²) < 4.78 is 5.49. The molecule has 0 spiro atoms. The molecule has 4 nitrogen and oxygen atoms in total. The van der Waals surface area contributed by atoms with Gasteiger partial charge in [-0.2, -0.15) is 4.98 Å². The van der Waals surface area contributed by atoms with Gasteiger partial charge in [-0.25, -0.2) is 0 Å². The standard InChI is InChI=1S/C19H25N3O/c1-4-16-7-6-15(11-17(16)5-1)12-18-21-19(23-22-18)13-14-3-2-9-20-10-8-14/h6-7,11,14,20H,1-5,8-10,12-13H2. The van der Waals surface area contributed by atoms with Gasteiger partial charge < -0.3 is 9.84 Å². The van der Waals surface area contributed by atoms with Gasteiger partial charge in [0.1, 0.15) is 0 Å². The van der Waals surface area contributed by atoms with E-state index >= 15 is 0 Å². The van der Waals surface area contributed by atoms with Crippen LogP contribution in [0.2, 0.25) is 0 Å². The number of aryl methyl sites for hydroxylation is 2. The van der Waals surface area contributed by atoms with Crippen LogP contribution in [-0.4, -0.2) is 23.2 Å². The third-order valence-electron chi connectivity index (χ3n) is 5.19. The van der Waals surface area contributed by atoms with E-state index in [0.717, 1.165) is 37.6 Å². The Morgan fingerprint density at radius 2 is 2.04 bits per heavy atom. The molecule has 1 aliphatic heterocycles. The van der Waals surface area contributed by atoms with E-state index < -0.39 is 0 Å². The summed E-state index contributed by atoms with van der Waals surface area (Å²) in [6.07, 6.45) is 9.18. The molecular weight excluding hydrogens is 286 g/mol. The summed E-state index contributed by atoms with van der Waals surface area (Å²) in [6, 6.07) is 6.82. The Balaban J connectivity index is 1.39. The summed E-state index contributed by atoms with van der Waals surface area (Å²) in [4.78, 5) is 4.63. The van der Waals surface area contributed by atoms with E-state index in [1.807, 2.05) is 0 Å². The van der Waals surface area contributed by atoms with Crippen molar-refractivity contribution in [2.24, 2.45) is 5.92 Å². The van der Waals surface area contributed by atoms with Crippen LogP contribution in [0.15, 0.2) is 22.7 Å². The van der Waals surface area contributed by atoms with Crippen LogP contribution in [0, 0.1) is 5.92 Å². The first kappa shape index (κ1) is 14.9. The second kappa shape index (κ2) is 6.83. The first-order chi connectivity index (χ1) is 11.4. The van der Waals surface area contributed by atoms with Crippen LogP contribution in [0.4, 0.5) is 0 Å². The molecule has 0 saturated carbocycles. The molecule has 1 unspecified atom stereocenters. The monoisotopic (exact) mass is 311 g/mol. The molecule has 23 heavy (non-hydrogen) atoms. The summed E-state index contributed by atoms with van der Waals surface area (Å²) >= 11 is 0. The maximum atomic E-state index is 5.49. The van der Waals surface area contributed by atoms with Crippen LogP contribution in [0.3, 0.4) is 0 Å². The zero-order valence-corrected chi connectivity index (χ0v) is 13.7. The molecule has 1 aromatic carbocycles. The summed E-state index contributed by atoms with van der Waals surface area (Å²) in [5.74, 6) is 2.32. The number of nitrogens with one attached hydrogen (secondary N) is 1. The second-order valence-electron chi connectivity index (χ2n) is 6.99. The molecule has 1 atom stereocenters. The van der Waals surface area contributed by atoms with E-state index in [9.17, 15) is 0 Å². The van der Waals surface area contributed by atoms with Crippen LogP contribution in [0.5, 0.6) is 0 Å². The Hall–Kier alpha value is -1.68. The fourth-order valence-corrected chi connectivity index (χ4v) is 3.90. The molecule has 1 N–H and O–H groups in total. The predicted molar refractivity (Wildman–Crippen MR) is 89.5 cm³/mol. The number of hydrogen-bond acceptors (Lipinski definition) is 4. The van der Waals surface area contributed by atoms with Crippen molar-refractivity contribution >= 4 is 0 Å². The topological polar surface area (TPSA) is 51.0 Å². The molecule has 4 rings (SSSR count). The van der Waals surface area contributed by atoms with Crippen molar-refractivity contribution in [1.29, 1.82) is 0 Å². The molecule has 2 aliphatic rings. The van der Waals surface area contributed by atoms with Gasteiger partial charge in [-0.1, -0.05) is 23.4 Å². The number of aromatic nitrogens is 2. The first-order valence-electron chi connectivity index (χ1n) is 9.00. The molecule has 0 amide bonds.